The van der Waals surface area contributed by atoms with E-state index in [0.717, 1.165) is 28.6 Å². The van der Waals surface area contributed by atoms with E-state index >= 15 is 0 Å². The highest BCUT2D eigenvalue weighted by molar-refractivity contribution is 9.10. The molecule has 1 saturated carbocycles. The van der Waals surface area contributed by atoms with Crippen molar-refractivity contribution in [3.8, 4) is 0 Å². The van der Waals surface area contributed by atoms with Crippen LogP contribution in [-0.2, 0) is 0 Å². The predicted octanol–water partition coefficient (Wildman–Crippen LogP) is 3.96. The Kier molecular flexibility index (Phi) is 4.91. The van der Waals surface area contributed by atoms with Gasteiger partial charge in [0, 0.05) is 22.4 Å². The summed E-state index contributed by atoms with van der Waals surface area (Å²) in [5.74, 6) is 0.296. The van der Waals surface area contributed by atoms with E-state index in [9.17, 15) is 4.79 Å². The van der Waals surface area contributed by atoms with E-state index in [0.29, 0.717) is 11.6 Å². The van der Waals surface area contributed by atoms with Crippen LogP contribution in [0.15, 0.2) is 34.9 Å². The first-order valence-corrected chi connectivity index (χ1v) is 8.58. The molecule has 1 heterocycles. The highest BCUT2D eigenvalue weighted by atomic mass is 79.9. The van der Waals surface area contributed by atoms with Gasteiger partial charge < -0.3 is 10.6 Å². The number of aryl methyl sites for hydroxylation is 1. The molecule has 0 unspecified atom stereocenters. The Morgan fingerprint density at radius 1 is 1.26 bits per heavy atom. The summed E-state index contributed by atoms with van der Waals surface area (Å²) in [6.45, 7) is 2.00. The molecule has 1 aromatic heterocycles. The Balaban J connectivity index is 1.72. The Labute approximate surface area is 144 Å². The van der Waals surface area contributed by atoms with Gasteiger partial charge in [0.15, 0.2) is 0 Å². The summed E-state index contributed by atoms with van der Waals surface area (Å²) in [5, 5.41) is 6.21. The number of nitrogens with one attached hydrogen (secondary N) is 2. The number of anilines is 2. The van der Waals surface area contributed by atoms with E-state index in [-0.39, 0.29) is 11.9 Å². The van der Waals surface area contributed by atoms with Gasteiger partial charge in [-0.25, -0.2) is 9.97 Å². The van der Waals surface area contributed by atoms with Gasteiger partial charge in [0.25, 0.3) is 5.91 Å². The quantitative estimate of drug-likeness (QED) is 0.849. The molecule has 1 aliphatic rings. The molecule has 3 rings (SSSR count). The molecule has 1 aromatic carbocycles. The summed E-state index contributed by atoms with van der Waals surface area (Å²) in [6.07, 6.45) is 6.09. The summed E-state index contributed by atoms with van der Waals surface area (Å²) in [5.41, 5.74) is 2.38. The number of hydrogen-bond donors (Lipinski definition) is 2. The zero-order chi connectivity index (χ0) is 16.2. The minimum atomic E-state index is -0.130. The minimum absolute atomic E-state index is 0.130. The average molecular weight is 375 g/mol. The maximum atomic E-state index is 12.3. The maximum Gasteiger partial charge on any atom is 0.270 e. The first-order chi connectivity index (χ1) is 11.1. The van der Waals surface area contributed by atoms with Gasteiger partial charge in [-0.1, -0.05) is 28.8 Å². The van der Waals surface area contributed by atoms with Gasteiger partial charge in [-0.2, -0.15) is 0 Å². The summed E-state index contributed by atoms with van der Waals surface area (Å²) in [4.78, 5) is 20.8. The molecular formula is C17H19BrN4O. The molecule has 0 saturated heterocycles. The lowest BCUT2D eigenvalue weighted by Crippen LogP contribution is -2.33. The molecule has 6 heteroatoms. The van der Waals surface area contributed by atoms with Crippen molar-refractivity contribution < 1.29 is 4.79 Å². The summed E-state index contributed by atoms with van der Waals surface area (Å²) in [6, 6.07) is 7.84. The number of hydrogen-bond acceptors (Lipinski definition) is 4. The van der Waals surface area contributed by atoms with Crippen LogP contribution >= 0.6 is 15.9 Å². The third-order valence-electron chi connectivity index (χ3n) is 4.01. The number of carbonyl (C=O) groups excluding carboxylic acids is 1. The average Bonchev–Trinajstić information content (AvgIpc) is 3.03. The standard InChI is InChI=1S/C17H19BrN4O/c1-11-10-12(18)6-7-14(11)21-17-19-9-8-15(22-17)16(23)20-13-4-2-3-5-13/h6-10,13H,2-5H2,1H3,(H,20,23)(H,19,21,22). The summed E-state index contributed by atoms with van der Waals surface area (Å²) < 4.78 is 1.02. The Bertz CT molecular complexity index is 713. The van der Waals surface area contributed by atoms with Crippen LogP contribution in [0.5, 0.6) is 0 Å². The summed E-state index contributed by atoms with van der Waals surface area (Å²) in [7, 11) is 0. The lowest BCUT2D eigenvalue weighted by atomic mass is 10.2. The van der Waals surface area contributed by atoms with Crippen molar-refractivity contribution in [2.75, 3.05) is 5.32 Å². The van der Waals surface area contributed by atoms with Gasteiger partial charge in [0.2, 0.25) is 5.95 Å². The van der Waals surface area contributed by atoms with Crippen molar-refractivity contribution in [1.82, 2.24) is 15.3 Å². The molecule has 23 heavy (non-hydrogen) atoms. The minimum Gasteiger partial charge on any atom is -0.348 e. The zero-order valence-corrected chi connectivity index (χ0v) is 14.6. The van der Waals surface area contributed by atoms with E-state index in [4.69, 9.17) is 0 Å². The Morgan fingerprint density at radius 3 is 2.78 bits per heavy atom. The van der Waals surface area contributed by atoms with Crippen LogP contribution in [0.2, 0.25) is 0 Å². The molecule has 0 spiro atoms. The monoisotopic (exact) mass is 374 g/mol. The van der Waals surface area contributed by atoms with Gasteiger partial charge in [-0.3, -0.25) is 4.79 Å². The fourth-order valence-corrected chi connectivity index (χ4v) is 3.24. The van der Waals surface area contributed by atoms with Crippen LogP contribution in [0.25, 0.3) is 0 Å². The first kappa shape index (κ1) is 15.9. The molecule has 2 N–H and O–H groups in total. The van der Waals surface area contributed by atoms with Gasteiger partial charge >= 0.3 is 0 Å². The molecular weight excluding hydrogens is 356 g/mol. The topological polar surface area (TPSA) is 66.9 Å². The second kappa shape index (κ2) is 7.08. The van der Waals surface area contributed by atoms with E-state index in [1.54, 1.807) is 12.3 Å². The smallest absolute Gasteiger partial charge is 0.270 e. The van der Waals surface area contributed by atoms with Crippen LogP contribution in [-0.4, -0.2) is 21.9 Å². The largest absolute Gasteiger partial charge is 0.348 e. The SMILES string of the molecule is Cc1cc(Br)ccc1Nc1nccc(C(=O)NC2CCCC2)n1. The molecule has 0 bridgehead atoms. The summed E-state index contributed by atoms with van der Waals surface area (Å²) >= 11 is 3.44. The predicted molar refractivity (Wildman–Crippen MR) is 93.9 cm³/mol. The lowest BCUT2D eigenvalue weighted by molar-refractivity contribution is 0.0933. The number of halogens is 1. The zero-order valence-electron chi connectivity index (χ0n) is 13.0. The number of rotatable bonds is 4. The molecule has 2 aromatic rings. The lowest BCUT2D eigenvalue weighted by Gasteiger charge is -2.12. The van der Waals surface area contributed by atoms with Crippen molar-refractivity contribution in [2.24, 2.45) is 0 Å². The van der Waals surface area contributed by atoms with Crippen LogP contribution in [0.3, 0.4) is 0 Å². The molecule has 0 aliphatic heterocycles. The van der Waals surface area contributed by atoms with Crippen molar-refractivity contribution in [3.63, 3.8) is 0 Å². The number of aromatic nitrogens is 2. The van der Waals surface area contributed by atoms with Crippen molar-refractivity contribution in [3.05, 3.63) is 46.2 Å². The van der Waals surface area contributed by atoms with Crippen LogP contribution in [0, 0.1) is 6.92 Å². The Hall–Kier alpha value is -1.95. The van der Waals surface area contributed by atoms with E-state index in [2.05, 4.69) is 36.5 Å². The highest BCUT2D eigenvalue weighted by Crippen LogP contribution is 2.22. The van der Waals surface area contributed by atoms with Crippen molar-refractivity contribution in [1.29, 1.82) is 0 Å². The third kappa shape index (κ3) is 4.07. The van der Waals surface area contributed by atoms with Gasteiger partial charge in [-0.15, -0.1) is 0 Å². The third-order valence-corrected chi connectivity index (χ3v) is 4.51. The molecule has 1 fully saturated rings. The molecule has 120 valence electrons. The van der Waals surface area contributed by atoms with E-state index in [1.807, 2.05) is 25.1 Å². The van der Waals surface area contributed by atoms with Crippen molar-refractivity contribution in [2.45, 2.75) is 38.6 Å². The first-order valence-electron chi connectivity index (χ1n) is 7.79. The van der Waals surface area contributed by atoms with Crippen LogP contribution < -0.4 is 10.6 Å². The van der Waals surface area contributed by atoms with Gasteiger partial charge in [0.05, 0.1) is 0 Å². The normalized spacial score (nSPS) is 14.7. The van der Waals surface area contributed by atoms with Crippen LogP contribution in [0.4, 0.5) is 11.6 Å². The van der Waals surface area contributed by atoms with Gasteiger partial charge in [0.1, 0.15) is 5.69 Å². The maximum absolute atomic E-state index is 12.3. The van der Waals surface area contributed by atoms with Crippen molar-refractivity contribution >= 4 is 33.5 Å². The fourth-order valence-electron chi connectivity index (χ4n) is 2.76. The second-order valence-corrected chi connectivity index (χ2v) is 6.72. The number of amides is 1. The molecule has 0 atom stereocenters. The molecule has 1 amide bonds. The highest BCUT2D eigenvalue weighted by Gasteiger charge is 2.19. The van der Waals surface area contributed by atoms with E-state index in [1.165, 1.54) is 12.8 Å². The molecule has 1 aliphatic carbocycles. The van der Waals surface area contributed by atoms with E-state index < -0.39 is 0 Å². The number of carbonyl (C=O) groups is 1. The molecule has 0 radical (unpaired) electrons. The molecule has 5 nitrogen and oxygen atoms in total. The fraction of sp³-hybridized carbons (Fsp3) is 0.353. The number of benzene rings is 1. The van der Waals surface area contributed by atoms with Gasteiger partial charge in [-0.05, 0) is 49.6 Å². The number of nitrogens with zero attached hydrogens (tertiary/aromatic N) is 2. The van der Waals surface area contributed by atoms with Crippen LogP contribution in [0.1, 0.15) is 41.7 Å². The second-order valence-electron chi connectivity index (χ2n) is 5.80. The Morgan fingerprint density at radius 2 is 2.04 bits per heavy atom.